The number of benzene rings is 1. The third kappa shape index (κ3) is 1.56. The molecule has 0 amide bonds. The number of carbonyl (C=O) groups is 1. The van der Waals surface area contributed by atoms with Crippen LogP contribution in [0, 0.1) is 0 Å². The lowest BCUT2D eigenvalue weighted by Gasteiger charge is -2.06. The van der Waals surface area contributed by atoms with Crippen LogP contribution >= 0.6 is 0 Å². The van der Waals surface area contributed by atoms with Crippen LogP contribution < -0.4 is 11.5 Å². The maximum atomic E-state index is 10.4. The Bertz CT molecular complexity index is 297. The number of hydrogen-bond donors (Lipinski definition) is 2. The molecule has 4 N–H and O–H groups in total. The Morgan fingerprint density at radius 3 is 2.50 bits per heavy atom. The van der Waals surface area contributed by atoms with E-state index in [1.54, 1.807) is 12.1 Å². The first-order chi connectivity index (χ1) is 5.65. The summed E-state index contributed by atoms with van der Waals surface area (Å²) in [6, 6.07) is 5.25. The van der Waals surface area contributed by atoms with Crippen molar-refractivity contribution >= 4 is 17.7 Å². The summed E-state index contributed by atoms with van der Waals surface area (Å²) in [4.78, 5) is 10.4. The van der Waals surface area contributed by atoms with Gasteiger partial charge in [0.15, 0.2) is 0 Å². The molecule has 0 aliphatic rings. The molecule has 1 aromatic carbocycles. The normalized spacial score (nSPS) is 12.4. The molecule has 0 heterocycles. The molecule has 1 rings (SSSR count). The molecule has 1 atom stereocenters. The van der Waals surface area contributed by atoms with Gasteiger partial charge in [-0.05, 0) is 17.7 Å². The van der Waals surface area contributed by atoms with Crippen molar-refractivity contribution in [1.29, 1.82) is 0 Å². The van der Waals surface area contributed by atoms with Crippen LogP contribution in [0.3, 0.4) is 0 Å². The van der Waals surface area contributed by atoms with Crippen LogP contribution in [0.25, 0.3) is 0 Å². The fourth-order valence-electron chi connectivity index (χ4n) is 0.955. The summed E-state index contributed by atoms with van der Waals surface area (Å²) in [5.74, 6) is -0.118. The quantitative estimate of drug-likeness (QED) is 0.509. The fraction of sp³-hybridized carbons (Fsp3) is 0.222. The molecule has 64 valence electrons. The molecule has 0 aliphatic heterocycles. The van der Waals surface area contributed by atoms with Crippen molar-refractivity contribution in [2.75, 3.05) is 11.5 Å². The zero-order valence-electron chi connectivity index (χ0n) is 6.95. The first kappa shape index (κ1) is 8.59. The van der Waals surface area contributed by atoms with E-state index in [0.717, 1.165) is 11.8 Å². The minimum absolute atomic E-state index is 0.118. The van der Waals surface area contributed by atoms with Crippen molar-refractivity contribution in [1.82, 2.24) is 0 Å². The Labute approximate surface area is 71.4 Å². The SMILES string of the molecule is CC(C=O)c1ccc(N)c(N)c1. The Kier molecular flexibility index (Phi) is 2.33. The van der Waals surface area contributed by atoms with Gasteiger partial charge in [-0.15, -0.1) is 0 Å². The zero-order chi connectivity index (χ0) is 9.14. The molecule has 0 bridgehead atoms. The molecule has 3 nitrogen and oxygen atoms in total. The minimum atomic E-state index is -0.118. The predicted octanol–water partition coefficient (Wildman–Crippen LogP) is 1.15. The van der Waals surface area contributed by atoms with Crippen LogP contribution in [-0.2, 0) is 4.79 Å². The van der Waals surface area contributed by atoms with Crippen molar-refractivity contribution in [3.05, 3.63) is 23.8 Å². The average Bonchev–Trinajstić information content (AvgIpc) is 2.08. The first-order valence-electron chi connectivity index (χ1n) is 3.75. The molecular weight excluding hydrogens is 152 g/mol. The molecular formula is C9H12N2O. The lowest BCUT2D eigenvalue weighted by molar-refractivity contribution is -0.108. The Hall–Kier alpha value is -1.51. The molecule has 0 fully saturated rings. The van der Waals surface area contributed by atoms with Crippen LogP contribution in [0.2, 0.25) is 0 Å². The first-order valence-corrected chi connectivity index (χ1v) is 3.75. The van der Waals surface area contributed by atoms with Gasteiger partial charge in [0.1, 0.15) is 6.29 Å². The van der Waals surface area contributed by atoms with E-state index < -0.39 is 0 Å². The van der Waals surface area contributed by atoms with Crippen LogP contribution in [0.5, 0.6) is 0 Å². The molecule has 12 heavy (non-hydrogen) atoms. The van der Waals surface area contributed by atoms with E-state index in [2.05, 4.69) is 0 Å². The van der Waals surface area contributed by atoms with Gasteiger partial charge in [0, 0.05) is 5.92 Å². The Balaban J connectivity index is 3.04. The minimum Gasteiger partial charge on any atom is -0.397 e. The highest BCUT2D eigenvalue weighted by molar-refractivity contribution is 5.68. The third-order valence-electron chi connectivity index (χ3n) is 1.84. The molecule has 0 saturated heterocycles. The molecule has 0 saturated carbocycles. The number of aldehydes is 1. The predicted molar refractivity (Wildman–Crippen MR) is 49.7 cm³/mol. The van der Waals surface area contributed by atoms with Gasteiger partial charge < -0.3 is 16.3 Å². The monoisotopic (exact) mass is 164 g/mol. The van der Waals surface area contributed by atoms with Crippen LogP contribution in [0.1, 0.15) is 18.4 Å². The fourth-order valence-corrected chi connectivity index (χ4v) is 0.955. The standard InChI is InChI=1S/C9H12N2O/c1-6(5-12)7-2-3-8(10)9(11)4-7/h2-6H,10-11H2,1H3. The van der Waals surface area contributed by atoms with Gasteiger partial charge in [0.2, 0.25) is 0 Å². The lowest BCUT2D eigenvalue weighted by Crippen LogP contribution is -1.99. The van der Waals surface area contributed by atoms with Gasteiger partial charge in [-0.1, -0.05) is 13.0 Å². The van der Waals surface area contributed by atoms with Crippen molar-refractivity contribution in [2.45, 2.75) is 12.8 Å². The second-order valence-corrected chi connectivity index (χ2v) is 2.81. The van der Waals surface area contributed by atoms with E-state index in [0.29, 0.717) is 11.4 Å². The highest BCUT2D eigenvalue weighted by Crippen LogP contribution is 2.20. The van der Waals surface area contributed by atoms with Crippen molar-refractivity contribution in [2.24, 2.45) is 0 Å². The summed E-state index contributed by atoms with van der Waals surface area (Å²) in [5, 5.41) is 0. The highest BCUT2D eigenvalue weighted by Gasteiger charge is 2.04. The number of nitrogen functional groups attached to an aromatic ring is 2. The second kappa shape index (κ2) is 3.26. The van der Waals surface area contributed by atoms with E-state index in [9.17, 15) is 4.79 Å². The molecule has 0 aliphatic carbocycles. The molecule has 0 aromatic heterocycles. The molecule has 0 radical (unpaired) electrons. The highest BCUT2D eigenvalue weighted by atomic mass is 16.1. The number of carbonyl (C=O) groups excluding carboxylic acids is 1. The Morgan fingerprint density at radius 2 is 2.00 bits per heavy atom. The Morgan fingerprint density at radius 1 is 1.33 bits per heavy atom. The zero-order valence-corrected chi connectivity index (χ0v) is 6.95. The average molecular weight is 164 g/mol. The largest absolute Gasteiger partial charge is 0.397 e. The summed E-state index contributed by atoms with van der Waals surface area (Å²) in [6.07, 6.45) is 0.880. The van der Waals surface area contributed by atoms with E-state index in [1.165, 1.54) is 0 Å². The van der Waals surface area contributed by atoms with Gasteiger partial charge in [0.05, 0.1) is 11.4 Å². The topological polar surface area (TPSA) is 69.1 Å². The van der Waals surface area contributed by atoms with Crippen LogP contribution in [-0.4, -0.2) is 6.29 Å². The molecule has 1 aromatic rings. The second-order valence-electron chi connectivity index (χ2n) is 2.81. The van der Waals surface area contributed by atoms with E-state index in [-0.39, 0.29) is 5.92 Å². The summed E-state index contributed by atoms with van der Waals surface area (Å²) in [5.41, 5.74) is 13.1. The summed E-state index contributed by atoms with van der Waals surface area (Å²) < 4.78 is 0. The molecule has 3 heteroatoms. The van der Waals surface area contributed by atoms with Gasteiger partial charge >= 0.3 is 0 Å². The maximum absolute atomic E-state index is 10.4. The van der Waals surface area contributed by atoms with E-state index >= 15 is 0 Å². The van der Waals surface area contributed by atoms with Gasteiger partial charge in [-0.3, -0.25) is 0 Å². The number of nitrogens with two attached hydrogens (primary N) is 2. The van der Waals surface area contributed by atoms with Crippen LogP contribution in [0.15, 0.2) is 18.2 Å². The van der Waals surface area contributed by atoms with Crippen LogP contribution in [0.4, 0.5) is 11.4 Å². The summed E-state index contributed by atoms with van der Waals surface area (Å²) >= 11 is 0. The number of hydrogen-bond acceptors (Lipinski definition) is 3. The maximum Gasteiger partial charge on any atom is 0.127 e. The van der Waals surface area contributed by atoms with Gasteiger partial charge in [-0.25, -0.2) is 0 Å². The third-order valence-corrected chi connectivity index (χ3v) is 1.84. The lowest BCUT2D eigenvalue weighted by atomic mass is 10.0. The van der Waals surface area contributed by atoms with Crippen molar-refractivity contribution < 1.29 is 4.79 Å². The molecule has 0 spiro atoms. The van der Waals surface area contributed by atoms with Gasteiger partial charge in [-0.2, -0.15) is 0 Å². The summed E-state index contributed by atoms with van der Waals surface area (Å²) in [6.45, 7) is 1.82. The van der Waals surface area contributed by atoms with Gasteiger partial charge in [0.25, 0.3) is 0 Å². The van der Waals surface area contributed by atoms with E-state index in [1.807, 2.05) is 13.0 Å². The smallest absolute Gasteiger partial charge is 0.127 e. The van der Waals surface area contributed by atoms with E-state index in [4.69, 9.17) is 11.5 Å². The van der Waals surface area contributed by atoms with Crippen molar-refractivity contribution in [3.63, 3.8) is 0 Å². The number of anilines is 2. The number of rotatable bonds is 2. The molecule has 1 unspecified atom stereocenters. The van der Waals surface area contributed by atoms with Crippen molar-refractivity contribution in [3.8, 4) is 0 Å². The summed E-state index contributed by atoms with van der Waals surface area (Å²) in [7, 11) is 0.